The summed E-state index contributed by atoms with van der Waals surface area (Å²) in [6, 6.07) is 8.57. The molecule has 2 aromatic carbocycles. The molecule has 0 bridgehead atoms. The van der Waals surface area contributed by atoms with Crippen molar-refractivity contribution in [1.82, 2.24) is 9.80 Å². The molecule has 168 valence electrons. The molecule has 3 aromatic rings. The normalized spacial score (nSPS) is 15.5. The van der Waals surface area contributed by atoms with Crippen LogP contribution in [0.1, 0.15) is 38.9 Å². The number of methoxy groups -OCH3 is 2. The Bertz CT molecular complexity index is 1260. The maximum Gasteiger partial charge on any atom is 0.290 e. The van der Waals surface area contributed by atoms with E-state index in [1.165, 1.54) is 0 Å². The first-order chi connectivity index (χ1) is 15.3. The number of benzene rings is 2. The molecule has 4 rings (SSSR count). The van der Waals surface area contributed by atoms with Crippen LogP contribution >= 0.6 is 0 Å². The molecule has 1 atom stereocenters. The van der Waals surface area contributed by atoms with E-state index in [0.717, 1.165) is 16.7 Å². The molecule has 0 aliphatic carbocycles. The van der Waals surface area contributed by atoms with E-state index in [-0.39, 0.29) is 17.1 Å². The van der Waals surface area contributed by atoms with E-state index >= 15 is 0 Å². The van der Waals surface area contributed by atoms with E-state index < -0.39 is 6.04 Å². The van der Waals surface area contributed by atoms with Crippen LogP contribution in [0.4, 0.5) is 0 Å². The van der Waals surface area contributed by atoms with Crippen LogP contribution in [0.3, 0.4) is 0 Å². The summed E-state index contributed by atoms with van der Waals surface area (Å²) in [5.41, 5.74) is 3.41. The third kappa shape index (κ3) is 3.52. The van der Waals surface area contributed by atoms with Gasteiger partial charge in [-0.15, -0.1) is 0 Å². The summed E-state index contributed by atoms with van der Waals surface area (Å²) in [7, 11) is 7.03. The molecular weight excluding hydrogens is 408 g/mol. The maximum absolute atomic E-state index is 13.7. The fourth-order valence-electron chi connectivity index (χ4n) is 4.18. The first-order valence-corrected chi connectivity index (χ1v) is 10.5. The van der Waals surface area contributed by atoms with E-state index in [4.69, 9.17) is 13.9 Å². The number of carbonyl (C=O) groups is 1. The first-order valence-electron chi connectivity index (χ1n) is 10.5. The predicted molar refractivity (Wildman–Crippen MR) is 123 cm³/mol. The lowest BCUT2D eigenvalue weighted by Gasteiger charge is -2.27. The molecule has 32 heavy (non-hydrogen) atoms. The third-order valence-corrected chi connectivity index (χ3v) is 6.09. The highest BCUT2D eigenvalue weighted by Crippen LogP contribution is 2.40. The van der Waals surface area contributed by atoms with Gasteiger partial charge < -0.3 is 23.7 Å². The van der Waals surface area contributed by atoms with E-state index in [1.54, 1.807) is 25.2 Å². The molecule has 0 N–H and O–H groups in total. The largest absolute Gasteiger partial charge is 0.493 e. The zero-order chi connectivity index (χ0) is 23.2. The zero-order valence-electron chi connectivity index (χ0n) is 19.3. The van der Waals surface area contributed by atoms with E-state index in [9.17, 15) is 9.59 Å². The molecule has 0 unspecified atom stereocenters. The van der Waals surface area contributed by atoms with Crippen molar-refractivity contribution in [3.05, 3.63) is 68.6 Å². The molecule has 7 nitrogen and oxygen atoms in total. The second kappa shape index (κ2) is 8.31. The Hall–Kier alpha value is -3.32. The maximum atomic E-state index is 13.7. The van der Waals surface area contributed by atoms with Gasteiger partial charge in [0.2, 0.25) is 5.76 Å². The molecule has 2 heterocycles. The van der Waals surface area contributed by atoms with Crippen LogP contribution in [0.5, 0.6) is 11.5 Å². The standard InChI is InChI=1S/C25H28N2O5/c1-14-11-17-19(12-15(14)2)32-24-21(23(17)28)22(27(25(24)29)10-9-26(3)4)16-7-8-18(30-5)20(13-16)31-6/h7-8,11-13,22H,9-10H2,1-6H3/t22-/m1/s1. The number of carbonyl (C=O) groups excluding carboxylic acids is 1. The molecule has 0 saturated heterocycles. The monoisotopic (exact) mass is 436 g/mol. The van der Waals surface area contributed by atoms with Crippen LogP contribution in [0.25, 0.3) is 11.0 Å². The number of nitrogens with zero attached hydrogens (tertiary/aromatic N) is 2. The number of hydrogen-bond acceptors (Lipinski definition) is 6. The number of hydrogen-bond donors (Lipinski definition) is 0. The lowest BCUT2D eigenvalue weighted by Crippen LogP contribution is -2.35. The molecule has 7 heteroatoms. The van der Waals surface area contributed by atoms with Crippen molar-refractivity contribution >= 4 is 16.9 Å². The minimum absolute atomic E-state index is 0.115. The molecule has 0 spiro atoms. The summed E-state index contributed by atoms with van der Waals surface area (Å²) < 4.78 is 16.9. The van der Waals surface area contributed by atoms with Crippen molar-refractivity contribution in [2.24, 2.45) is 0 Å². The van der Waals surface area contributed by atoms with Gasteiger partial charge in [0.15, 0.2) is 16.9 Å². The Kier molecular flexibility index (Phi) is 5.69. The Morgan fingerprint density at radius 1 is 1.00 bits per heavy atom. The number of rotatable bonds is 6. The predicted octanol–water partition coefficient (Wildman–Crippen LogP) is 3.53. The topological polar surface area (TPSA) is 72.2 Å². The number of likely N-dealkylation sites (N-methyl/N-ethyl adjacent to an activating group) is 1. The van der Waals surface area contributed by atoms with Gasteiger partial charge in [-0.2, -0.15) is 0 Å². The van der Waals surface area contributed by atoms with Gasteiger partial charge >= 0.3 is 0 Å². The quantitative estimate of drug-likeness (QED) is 0.589. The van der Waals surface area contributed by atoms with Gasteiger partial charge in [-0.05, 0) is 68.9 Å². The fraction of sp³-hybridized carbons (Fsp3) is 0.360. The van der Waals surface area contributed by atoms with Gasteiger partial charge in [0.25, 0.3) is 5.91 Å². The van der Waals surface area contributed by atoms with Crippen LogP contribution in [0, 0.1) is 13.8 Å². The summed E-state index contributed by atoms with van der Waals surface area (Å²) in [6.07, 6.45) is 0. The Balaban J connectivity index is 1.96. The average molecular weight is 437 g/mol. The van der Waals surface area contributed by atoms with Gasteiger partial charge in [-0.1, -0.05) is 6.07 Å². The minimum Gasteiger partial charge on any atom is -0.493 e. The Morgan fingerprint density at radius 3 is 2.34 bits per heavy atom. The Morgan fingerprint density at radius 2 is 1.69 bits per heavy atom. The van der Waals surface area contributed by atoms with Crippen molar-refractivity contribution in [1.29, 1.82) is 0 Å². The molecule has 0 radical (unpaired) electrons. The molecule has 0 saturated carbocycles. The van der Waals surface area contributed by atoms with Crippen molar-refractivity contribution in [2.45, 2.75) is 19.9 Å². The van der Waals surface area contributed by atoms with Gasteiger partial charge in [0.1, 0.15) is 5.58 Å². The molecule has 1 aliphatic rings. The van der Waals surface area contributed by atoms with Crippen molar-refractivity contribution < 1.29 is 18.7 Å². The lowest BCUT2D eigenvalue weighted by atomic mass is 9.97. The number of aryl methyl sites for hydroxylation is 2. The molecule has 1 aliphatic heterocycles. The highest BCUT2D eigenvalue weighted by atomic mass is 16.5. The minimum atomic E-state index is -0.570. The highest BCUT2D eigenvalue weighted by molar-refractivity contribution is 5.99. The summed E-state index contributed by atoms with van der Waals surface area (Å²) in [6.45, 7) is 5.01. The Labute approximate surface area is 187 Å². The van der Waals surface area contributed by atoms with Gasteiger partial charge in [-0.3, -0.25) is 9.59 Å². The number of amides is 1. The van der Waals surface area contributed by atoms with Crippen LogP contribution in [-0.4, -0.2) is 57.1 Å². The van der Waals surface area contributed by atoms with E-state index in [1.807, 2.05) is 57.1 Å². The molecule has 1 amide bonds. The van der Waals surface area contributed by atoms with Crippen LogP contribution < -0.4 is 14.9 Å². The summed E-state index contributed by atoms with van der Waals surface area (Å²) >= 11 is 0. The van der Waals surface area contributed by atoms with Gasteiger partial charge in [0.05, 0.1) is 31.2 Å². The third-order valence-electron chi connectivity index (χ3n) is 6.09. The van der Waals surface area contributed by atoms with Crippen LogP contribution in [0.15, 0.2) is 39.5 Å². The van der Waals surface area contributed by atoms with E-state index in [0.29, 0.717) is 41.1 Å². The van der Waals surface area contributed by atoms with Crippen molar-refractivity contribution in [2.75, 3.05) is 41.4 Å². The van der Waals surface area contributed by atoms with E-state index in [2.05, 4.69) is 0 Å². The second-order valence-electron chi connectivity index (χ2n) is 8.43. The van der Waals surface area contributed by atoms with Crippen LogP contribution in [-0.2, 0) is 0 Å². The average Bonchev–Trinajstić information content (AvgIpc) is 3.05. The second-order valence-corrected chi connectivity index (χ2v) is 8.43. The zero-order valence-corrected chi connectivity index (χ0v) is 19.3. The number of ether oxygens (including phenoxy) is 2. The first kappa shape index (κ1) is 21.9. The highest BCUT2D eigenvalue weighted by Gasteiger charge is 2.42. The van der Waals surface area contributed by atoms with Gasteiger partial charge in [-0.25, -0.2) is 0 Å². The summed E-state index contributed by atoms with van der Waals surface area (Å²) in [4.78, 5) is 30.8. The van der Waals surface area contributed by atoms with Crippen molar-refractivity contribution in [3.8, 4) is 11.5 Å². The summed E-state index contributed by atoms with van der Waals surface area (Å²) in [5, 5.41) is 0.486. The number of fused-ring (bicyclic) bond motifs is 2. The van der Waals surface area contributed by atoms with Crippen molar-refractivity contribution in [3.63, 3.8) is 0 Å². The molecule has 0 fully saturated rings. The van der Waals surface area contributed by atoms with Gasteiger partial charge in [0, 0.05) is 13.1 Å². The lowest BCUT2D eigenvalue weighted by molar-refractivity contribution is 0.0716. The molecule has 1 aromatic heterocycles. The molecular formula is C25H28N2O5. The SMILES string of the molecule is COc1ccc([C@@H]2c3c(oc4cc(C)c(C)cc4c3=O)C(=O)N2CCN(C)C)cc1OC. The summed E-state index contributed by atoms with van der Waals surface area (Å²) in [5.74, 6) is 0.954. The fourth-order valence-corrected chi connectivity index (χ4v) is 4.18. The smallest absolute Gasteiger partial charge is 0.290 e. The van der Waals surface area contributed by atoms with Crippen LogP contribution in [0.2, 0.25) is 0 Å².